The number of carbonyl (C=O) groups is 1. The van der Waals surface area contributed by atoms with Gasteiger partial charge >= 0.3 is 0 Å². The Morgan fingerprint density at radius 3 is 2.70 bits per heavy atom. The van der Waals surface area contributed by atoms with Crippen molar-refractivity contribution in [3.05, 3.63) is 23.8 Å². The minimum absolute atomic E-state index is 0.124. The second kappa shape index (κ2) is 8.77. The highest BCUT2D eigenvalue weighted by atomic mass is 16.5. The Balaban J connectivity index is 2.39. The lowest BCUT2D eigenvalue weighted by Crippen LogP contribution is -2.34. The van der Waals surface area contributed by atoms with Gasteiger partial charge < -0.3 is 20.1 Å². The third kappa shape index (κ3) is 5.16. The van der Waals surface area contributed by atoms with Gasteiger partial charge in [-0.15, -0.1) is 0 Å². The standard InChI is InChI=1S/C14H19N3O3/c1-19-12-5-4-11(8-13(12)20-2)9-16-10-14(18)17-7-3-6-15/h4-5,8,16H,3,7,9-10H2,1-2H3,(H,17,18). The summed E-state index contributed by atoms with van der Waals surface area (Å²) >= 11 is 0. The van der Waals surface area contributed by atoms with Crippen molar-refractivity contribution in [2.24, 2.45) is 0 Å². The molecule has 0 fully saturated rings. The molecule has 6 nitrogen and oxygen atoms in total. The van der Waals surface area contributed by atoms with Crippen molar-refractivity contribution in [2.75, 3.05) is 27.3 Å². The second-order valence-electron chi connectivity index (χ2n) is 4.05. The first-order valence-electron chi connectivity index (χ1n) is 6.26. The molecular weight excluding hydrogens is 258 g/mol. The van der Waals surface area contributed by atoms with Crippen LogP contribution in [0.15, 0.2) is 18.2 Å². The Labute approximate surface area is 118 Å². The maximum absolute atomic E-state index is 11.4. The highest BCUT2D eigenvalue weighted by molar-refractivity contribution is 5.77. The first-order chi connectivity index (χ1) is 9.71. The van der Waals surface area contributed by atoms with Crippen molar-refractivity contribution in [3.63, 3.8) is 0 Å². The third-order valence-corrected chi connectivity index (χ3v) is 2.62. The lowest BCUT2D eigenvalue weighted by atomic mass is 10.2. The van der Waals surface area contributed by atoms with E-state index in [9.17, 15) is 4.79 Å². The number of nitriles is 1. The molecule has 2 N–H and O–H groups in total. The molecule has 0 spiro atoms. The van der Waals surface area contributed by atoms with Gasteiger partial charge in [0.1, 0.15) is 0 Å². The topological polar surface area (TPSA) is 83.4 Å². The predicted octanol–water partition coefficient (Wildman–Crippen LogP) is 0.823. The first-order valence-corrected chi connectivity index (χ1v) is 6.26. The van der Waals surface area contributed by atoms with Crippen LogP contribution in [-0.4, -0.2) is 33.2 Å². The fourth-order valence-corrected chi connectivity index (χ4v) is 1.63. The van der Waals surface area contributed by atoms with Gasteiger partial charge in [0.25, 0.3) is 0 Å². The zero-order valence-electron chi connectivity index (χ0n) is 11.7. The lowest BCUT2D eigenvalue weighted by molar-refractivity contribution is -0.120. The van der Waals surface area contributed by atoms with Crippen LogP contribution in [0.2, 0.25) is 0 Å². The van der Waals surface area contributed by atoms with E-state index in [4.69, 9.17) is 14.7 Å². The molecule has 108 valence electrons. The molecule has 6 heteroatoms. The molecule has 0 aromatic heterocycles. The van der Waals surface area contributed by atoms with Gasteiger partial charge in [-0.25, -0.2) is 0 Å². The smallest absolute Gasteiger partial charge is 0.234 e. The summed E-state index contributed by atoms with van der Waals surface area (Å²) in [7, 11) is 3.17. The van der Waals surface area contributed by atoms with Gasteiger partial charge in [-0.2, -0.15) is 5.26 Å². The van der Waals surface area contributed by atoms with Crippen molar-refractivity contribution in [1.29, 1.82) is 5.26 Å². The number of hydrogen-bond donors (Lipinski definition) is 2. The Morgan fingerprint density at radius 1 is 1.30 bits per heavy atom. The van der Waals surface area contributed by atoms with E-state index in [2.05, 4.69) is 10.6 Å². The number of nitrogens with one attached hydrogen (secondary N) is 2. The van der Waals surface area contributed by atoms with Crippen LogP contribution in [0.1, 0.15) is 12.0 Å². The molecule has 0 aliphatic heterocycles. The molecule has 0 unspecified atom stereocenters. The number of ether oxygens (including phenoxy) is 2. The molecule has 0 atom stereocenters. The van der Waals surface area contributed by atoms with Crippen LogP contribution in [0.25, 0.3) is 0 Å². The van der Waals surface area contributed by atoms with Crippen molar-refractivity contribution in [1.82, 2.24) is 10.6 Å². The SMILES string of the molecule is COc1ccc(CNCC(=O)NCCC#N)cc1OC. The van der Waals surface area contributed by atoms with Crippen LogP contribution < -0.4 is 20.1 Å². The Kier molecular flexibility index (Phi) is 6.93. The maximum atomic E-state index is 11.4. The number of rotatable bonds is 8. The van der Waals surface area contributed by atoms with Crippen LogP contribution in [-0.2, 0) is 11.3 Å². The summed E-state index contributed by atoms with van der Waals surface area (Å²) in [5, 5.41) is 14.0. The van der Waals surface area contributed by atoms with Gasteiger partial charge in [0.05, 0.1) is 33.3 Å². The van der Waals surface area contributed by atoms with Gasteiger partial charge in [-0.05, 0) is 17.7 Å². The van der Waals surface area contributed by atoms with E-state index in [0.29, 0.717) is 31.0 Å². The average Bonchev–Trinajstić information content (AvgIpc) is 2.47. The molecular formula is C14H19N3O3. The van der Waals surface area contributed by atoms with Crippen molar-refractivity contribution in [2.45, 2.75) is 13.0 Å². The largest absolute Gasteiger partial charge is 0.493 e. The van der Waals surface area contributed by atoms with E-state index in [1.54, 1.807) is 14.2 Å². The minimum atomic E-state index is -0.124. The van der Waals surface area contributed by atoms with Crippen LogP contribution in [0, 0.1) is 11.3 Å². The van der Waals surface area contributed by atoms with E-state index in [1.165, 1.54) is 0 Å². The summed E-state index contributed by atoms with van der Waals surface area (Å²) in [6.07, 6.45) is 0.321. The zero-order valence-corrected chi connectivity index (χ0v) is 11.7. The van der Waals surface area contributed by atoms with Gasteiger partial charge in [-0.1, -0.05) is 6.07 Å². The summed E-state index contributed by atoms with van der Waals surface area (Å²) in [5.41, 5.74) is 0.993. The number of amides is 1. The molecule has 20 heavy (non-hydrogen) atoms. The van der Waals surface area contributed by atoms with E-state index < -0.39 is 0 Å². The van der Waals surface area contributed by atoms with Gasteiger partial charge in [-0.3, -0.25) is 4.79 Å². The minimum Gasteiger partial charge on any atom is -0.493 e. The fourth-order valence-electron chi connectivity index (χ4n) is 1.63. The van der Waals surface area contributed by atoms with Gasteiger partial charge in [0.2, 0.25) is 5.91 Å². The van der Waals surface area contributed by atoms with E-state index in [1.807, 2.05) is 24.3 Å². The number of hydrogen-bond acceptors (Lipinski definition) is 5. The summed E-state index contributed by atoms with van der Waals surface area (Å²) in [6, 6.07) is 7.56. The molecule has 0 aliphatic rings. The van der Waals surface area contributed by atoms with Crippen LogP contribution >= 0.6 is 0 Å². The highest BCUT2D eigenvalue weighted by Gasteiger charge is 2.05. The van der Waals surface area contributed by atoms with Crippen molar-refractivity contribution >= 4 is 5.91 Å². The van der Waals surface area contributed by atoms with Gasteiger partial charge in [0.15, 0.2) is 11.5 Å². The maximum Gasteiger partial charge on any atom is 0.234 e. The molecule has 0 saturated heterocycles. The summed E-state index contributed by atoms with van der Waals surface area (Å²) in [6.45, 7) is 1.14. The van der Waals surface area contributed by atoms with Crippen LogP contribution in [0.4, 0.5) is 0 Å². The van der Waals surface area contributed by atoms with Crippen molar-refractivity contribution in [3.8, 4) is 17.6 Å². The summed E-state index contributed by atoms with van der Waals surface area (Å²) < 4.78 is 10.4. The van der Waals surface area contributed by atoms with E-state index in [0.717, 1.165) is 5.56 Å². The Morgan fingerprint density at radius 2 is 2.05 bits per heavy atom. The Bertz CT molecular complexity index is 483. The molecule has 0 aliphatic carbocycles. The average molecular weight is 277 g/mol. The summed E-state index contributed by atoms with van der Waals surface area (Å²) in [5.74, 6) is 1.21. The molecule has 0 radical (unpaired) electrons. The fraction of sp³-hybridized carbons (Fsp3) is 0.429. The third-order valence-electron chi connectivity index (χ3n) is 2.62. The molecule has 1 aromatic carbocycles. The quantitative estimate of drug-likeness (QED) is 0.687. The highest BCUT2D eigenvalue weighted by Crippen LogP contribution is 2.27. The first kappa shape index (κ1) is 15.8. The molecule has 0 saturated carbocycles. The van der Waals surface area contributed by atoms with E-state index >= 15 is 0 Å². The second-order valence-corrected chi connectivity index (χ2v) is 4.05. The number of carbonyl (C=O) groups excluding carboxylic acids is 1. The molecule has 0 heterocycles. The van der Waals surface area contributed by atoms with Crippen LogP contribution in [0.5, 0.6) is 11.5 Å². The Hall–Kier alpha value is -2.26. The zero-order chi connectivity index (χ0) is 14.8. The molecule has 0 bridgehead atoms. The van der Waals surface area contributed by atoms with E-state index in [-0.39, 0.29) is 12.5 Å². The molecule has 1 rings (SSSR count). The molecule has 1 aromatic rings. The summed E-state index contributed by atoms with van der Waals surface area (Å²) in [4.78, 5) is 11.4. The van der Waals surface area contributed by atoms with Crippen molar-refractivity contribution < 1.29 is 14.3 Å². The normalized spacial score (nSPS) is 9.65. The van der Waals surface area contributed by atoms with Gasteiger partial charge in [0, 0.05) is 13.1 Å². The monoisotopic (exact) mass is 277 g/mol. The lowest BCUT2D eigenvalue weighted by Gasteiger charge is -2.10. The molecule has 1 amide bonds. The number of benzene rings is 1. The number of methoxy groups -OCH3 is 2. The van der Waals surface area contributed by atoms with Crippen LogP contribution in [0.3, 0.4) is 0 Å². The number of nitrogens with zero attached hydrogens (tertiary/aromatic N) is 1. The predicted molar refractivity (Wildman–Crippen MR) is 74.5 cm³/mol.